The number of carbonyl (C=O) groups excluding carboxylic acids is 2. The van der Waals surface area contributed by atoms with Gasteiger partial charge >= 0.3 is 0 Å². The smallest absolute Gasteiger partial charge is 0.249 e. The second-order valence-electron chi connectivity index (χ2n) is 9.74. The molecule has 0 radical (unpaired) electrons. The van der Waals surface area contributed by atoms with Crippen molar-refractivity contribution in [3.8, 4) is 5.95 Å². The van der Waals surface area contributed by atoms with Crippen LogP contribution in [0.1, 0.15) is 59.3 Å². The number of hydrogen-bond donors (Lipinski definition) is 3. The molecule has 2 aromatic carbocycles. The maximum atomic E-state index is 12.6. The van der Waals surface area contributed by atoms with Crippen molar-refractivity contribution in [2.45, 2.75) is 52.1 Å². The molecular weight excluding hydrogens is 464 g/mol. The summed E-state index contributed by atoms with van der Waals surface area (Å²) in [5.41, 5.74) is 9.68. The van der Waals surface area contributed by atoms with Gasteiger partial charge in [-0.25, -0.2) is 4.98 Å². The number of benzene rings is 2. The van der Waals surface area contributed by atoms with Gasteiger partial charge in [-0.2, -0.15) is 4.98 Å². The standard InChI is InChI=1S/C29H32N6O2/c1-19-14-24-23(27(30)37)12-7-13-25(24)35(19)29-33-18-22(17-31-26(36)15-20-8-5-6-9-20)28(34-29)32-16-21-10-3-2-4-11-21/h2-4,7,10-14,18,20H,5-6,8-9,15-17H2,1H3,(H2,30,37)(H,31,36)(H,32,33,34). The van der Waals surface area contributed by atoms with E-state index in [1.165, 1.54) is 12.8 Å². The number of aromatic nitrogens is 3. The lowest BCUT2D eigenvalue weighted by Gasteiger charge is -2.15. The highest BCUT2D eigenvalue weighted by molar-refractivity contribution is 6.06. The molecule has 0 spiro atoms. The first-order valence-corrected chi connectivity index (χ1v) is 12.8. The Morgan fingerprint density at radius 1 is 1.05 bits per heavy atom. The van der Waals surface area contributed by atoms with Crippen molar-refractivity contribution < 1.29 is 9.59 Å². The quantitative estimate of drug-likeness (QED) is 0.312. The SMILES string of the molecule is Cc1cc2c(C(N)=O)cccc2n1-c1ncc(CNC(=O)CC2CCCC2)c(NCc2ccccc2)n1. The average molecular weight is 497 g/mol. The minimum Gasteiger partial charge on any atom is -0.366 e. The van der Waals surface area contributed by atoms with Gasteiger partial charge in [0.2, 0.25) is 17.8 Å². The summed E-state index contributed by atoms with van der Waals surface area (Å²) in [6.45, 7) is 2.88. The van der Waals surface area contributed by atoms with E-state index in [0.29, 0.717) is 42.8 Å². The molecule has 8 heteroatoms. The van der Waals surface area contributed by atoms with E-state index in [0.717, 1.165) is 40.6 Å². The number of nitrogens with two attached hydrogens (primary N) is 1. The molecule has 8 nitrogen and oxygen atoms in total. The zero-order valence-electron chi connectivity index (χ0n) is 21.0. The average Bonchev–Trinajstić information content (AvgIpc) is 3.53. The minimum atomic E-state index is -0.474. The van der Waals surface area contributed by atoms with Crippen LogP contribution in [0.2, 0.25) is 0 Å². The molecule has 0 saturated heterocycles. The molecule has 4 N–H and O–H groups in total. The summed E-state index contributed by atoms with van der Waals surface area (Å²) in [5.74, 6) is 1.21. The molecule has 37 heavy (non-hydrogen) atoms. The number of primary amides is 1. The minimum absolute atomic E-state index is 0.0659. The zero-order valence-corrected chi connectivity index (χ0v) is 21.0. The lowest BCUT2D eigenvalue weighted by atomic mass is 10.0. The highest BCUT2D eigenvalue weighted by Crippen LogP contribution is 2.28. The third-order valence-corrected chi connectivity index (χ3v) is 7.07. The van der Waals surface area contributed by atoms with Crippen molar-refractivity contribution >= 4 is 28.5 Å². The van der Waals surface area contributed by atoms with E-state index in [-0.39, 0.29) is 5.91 Å². The van der Waals surface area contributed by atoms with Crippen molar-refractivity contribution in [1.82, 2.24) is 19.9 Å². The highest BCUT2D eigenvalue weighted by Gasteiger charge is 2.20. The fourth-order valence-electron chi connectivity index (χ4n) is 5.16. The second-order valence-corrected chi connectivity index (χ2v) is 9.74. The zero-order chi connectivity index (χ0) is 25.8. The maximum absolute atomic E-state index is 12.6. The Labute approximate surface area is 216 Å². The first-order chi connectivity index (χ1) is 18.0. The van der Waals surface area contributed by atoms with Crippen molar-refractivity contribution in [2.24, 2.45) is 11.7 Å². The summed E-state index contributed by atoms with van der Waals surface area (Å²) in [6, 6.07) is 17.5. The number of amides is 2. The van der Waals surface area contributed by atoms with Gasteiger partial charge in [0, 0.05) is 47.9 Å². The van der Waals surface area contributed by atoms with Crippen LogP contribution in [0.5, 0.6) is 0 Å². The van der Waals surface area contributed by atoms with Crippen LogP contribution in [0.15, 0.2) is 60.8 Å². The van der Waals surface area contributed by atoms with Gasteiger partial charge in [0.15, 0.2) is 0 Å². The van der Waals surface area contributed by atoms with E-state index in [1.807, 2.05) is 54.0 Å². The molecule has 0 atom stereocenters. The Kier molecular flexibility index (Phi) is 7.16. The number of hydrogen-bond acceptors (Lipinski definition) is 5. The van der Waals surface area contributed by atoms with Gasteiger partial charge in [-0.15, -0.1) is 0 Å². The number of fused-ring (bicyclic) bond motifs is 1. The Hall–Kier alpha value is -4.20. The fraction of sp³-hybridized carbons (Fsp3) is 0.310. The van der Waals surface area contributed by atoms with Gasteiger partial charge < -0.3 is 16.4 Å². The lowest BCUT2D eigenvalue weighted by molar-refractivity contribution is -0.122. The van der Waals surface area contributed by atoms with Crippen LogP contribution in [0.3, 0.4) is 0 Å². The lowest BCUT2D eigenvalue weighted by Crippen LogP contribution is -2.25. The number of carbonyl (C=O) groups is 2. The second kappa shape index (κ2) is 10.8. The first-order valence-electron chi connectivity index (χ1n) is 12.8. The largest absolute Gasteiger partial charge is 0.366 e. The van der Waals surface area contributed by atoms with Crippen LogP contribution in [0.4, 0.5) is 5.82 Å². The summed E-state index contributed by atoms with van der Waals surface area (Å²) < 4.78 is 1.91. The van der Waals surface area contributed by atoms with Crippen LogP contribution in [0.25, 0.3) is 16.9 Å². The predicted octanol–water partition coefficient (Wildman–Crippen LogP) is 4.64. The first kappa shape index (κ1) is 24.5. The van der Waals surface area contributed by atoms with Crippen LogP contribution >= 0.6 is 0 Å². The molecule has 0 aliphatic heterocycles. The van der Waals surface area contributed by atoms with Crippen molar-refractivity contribution in [1.29, 1.82) is 0 Å². The summed E-state index contributed by atoms with van der Waals surface area (Å²) in [6.07, 6.45) is 7.04. The molecule has 190 valence electrons. The third-order valence-electron chi connectivity index (χ3n) is 7.07. The third kappa shape index (κ3) is 5.48. The topological polar surface area (TPSA) is 115 Å². The van der Waals surface area contributed by atoms with Crippen LogP contribution in [-0.2, 0) is 17.9 Å². The van der Waals surface area contributed by atoms with Crippen molar-refractivity contribution in [2.75, 3.05) is 5.32 Å². The molecule has 0 bridgehead atoms. The van der Waals surface area contributed by atoms with Gasteiger partial charge in [0.1, 0.15) is 5.82 Å². The Balaban J connectivity index is 1.45. The van der Waals surface area contributed by atoms with Crippen LogP contribution < -0.4 is 16.4 Å². The summed E-state index contributed by atoms with van der Waals surface area (Å²) >= 11 is 0. The Morgan fingerprint density at radius 3 is 2.59 bits per heavy atom. The van der Waals surface area contributed by atoms with Gasteiger partial charge in [0.25, 0.3) is 0 Å². The summed E-state index contributed by atoms with van der Waals surface area (Å²) in [5, 5.41) is 7.26. The van der Waals surface area contributed by atoms with E-state index >= 15 is 0 Å². The number of rotatable bonds is 9. The van der Waals surface area contributed by atoms with Crippen LogP contribution in [0, 0.1) is 12.8 Å². The van der Waals surface area contributed by atoms with Crippen LogP contribution in [-0.4, -0.2) is 26.3 Å². The van der Waals surface area contributed by atoms with Gasteiger partial charge in [-0.3, -0.25) is 14.2 Å². The molecule has 1 fully saturated rings. The number of aryl methyl sites for hydroxylation is 1. The molecule has 1 aliphatic carbocycles. The number of nitrogens with one attached hydrogen (secondary N) is 2. The Bertz CT molecular complexity index is 1420. The maximum Gasteiger partial charge on any atom is 0.249 e. The van der Waals surface area contributed by atoms with Gasteiger partial charge in [-0.1, -0.05) is 49.2 Å². The molecular formula is C29H32N6O2. The van der Waals surface area contributed by atoms with Gasteiger partial charge in [0.05, 0.1) is 5.52 Å². The van der Waals surface area contributed by atoms with Crippen molar-refractivity contribution in [3.05, 3.63) is 83.2 Å². The fourth-order valence-corrected chi connectivity index (χ4v) is 5.16. The summed E-state index contributed by atoms with van der Waals surface area (Å²) in [7, 11) is 0. The van der Waals surface area contributed by atoms with E-state index in [4.69, 9.17) is 10.7 Å². The summed E-state index contributed by atoms with van der Waals surface area (Å²) in [4.78, 5) is 34.1. The number of anilines is 1. The van der Waals surface area contributed by atoms with E-state index in [1.54, 1.807) is 18.3 Å². The molecule has 5 rings (SSSR count). The molecule has 2 amide bonds. The molecule has 1 saturated carbocycles. The predicted molar refractivity (Wildman–Crippen MR) is 144 cm³/mol. The number of nitrogens with zero attached hydrogens (tertiary/aromatic N) is 3. The van der Waals surface area contributed by atoms with E-state index < -0.39 is 5.91 Å². The molecule has 2 aromatic heterocycles. The van der Waals surface area contributed by atoms with E-state index in [9.17, 15) is 9.59 Å². The van der Waals surface area contributed by atoms with Crippen molar-refractivity contribution in [3.63, 3.8) is 0 Å². The highest BCUT2D eigenvalue weighted by atomic mass is 16.1. The molecule has 4 aromatic rings. The molecule has 2 heterocycles. The molecule has 1 aliphatic rings. The monoisotopic (exact) mass is 496 g/mol. The molecule has 0 unspecified atom stereocenters. The van der Waals surface area contributed by atoms with E-state index in [2.05, 4.69) is 15.6 Å². The van der Waals surface area contributed by atoms with Gasteiger partial charge in [-0.05, 0) is 49.4 Å². The normalized spacial score (nSPS) is 13.6. The Morgan fingerprint density at radius 2 is 1.84 bits per heavy atom.